The largest absolute Gasteiger partial charge is 0.381 e. The fraction of sp³-hybridized carbons (Fsp3) is 0.800. The van der Waals surface area contributed by atoms with Crippen LogP contribution in [0, 0.1) is 0 Å². The van der Waals surface area contributed by atoms with Crippen molar-refractivity contribution in [1.82, 2.24) is 15.0 Å². The number of rotatable bonds is 7. The van der Waals surface area contributed by atoms with Crippen LogP contribution in [0.1, 0.15) is 25.5 Å². The molecule has 0 spiro atoms. The second-order valence-electron chi connectivity index (χ2n) is 3.75. The maximum absolute atomic E-state index is 5.94. The van der Waals surface area contributed by atoms with E-state index in [0.29, 0.717) is 0 Å². The molecule has 5 heteroatoms. The van der Waals surface area contributed by atoms with Crippen molar-refractivity contribution >= 4 is 0 Å². The van der Waals surface area contributed by atoms with Gasteiger partial charge in [0, 0.05) is 38.9 Å². The maximum atomic E-state index is 5.94. The molecule has 86 valence electrons. The second kappa shape index (κ2) is 6.53. The van der Waals surface area contributed by atoms with Crippen molar-refractivity contribution in [3.8, 4) is 0 Å². The van der Waals surface area contributed by atoms with Gasteiger partial charge in [0.15, 0.2) is 0 Å². The minimum atomic E-state index is 0.110. The number of aryl methyl sites for hydroxylation is 1. The molecule has 0 radical (unpaired) electrons. The number of nitrogens with two attached hydrogens (primary N) is 1. The normalized spacial score (nSPS) is 13.0. The Morgan fingerprint density at radius 3 is 2.93 bits per heavy atom. The van der Waals surface area contributed by atoms with E-state index in [2.05, 4.69) is 17.2 Å². The van der Waals surface area contributed by atoms with Crippen molar-refractivity contribution in [2.24, 2.45) is 12.8 Å². The van der Waals surface area contributed by atoms with Crippen LogP contribution in [0.3, 0.4) is 0 Å². The average molecular weight is 212 g/mol. The molecular weight excluding hydrogens is 192 g/mol. The second-order valence-corrected chi connectivity index (χ2v) is 3.75. The smallest absolute Gasteiger partial charge is 0.0842 e. The molecular formula is C10H20N4O. The first kappa shape index (κ1) is 12.1. The van der Waals surface area contributed by atoms with Gasteiger partial charge in [0.25, 0.3) is 0 Å². The summed E-state index contributed by atoms with van der Waals surface area (Å²) in [7, 11) is 1.85. The van der Waals surface area contributed by atoms with Gasteiger partial charge in [0.05, 0.1) is 5.69 Å². The van der Waals surface area contributed by atoms with Gasteiger partial charge < -0.3 is 10.5 Å². The van der Waals surface area contributed by atoms with Crippen molar-refractivity contribution < 1.29 is 4.74 Å². The Kier molecular flexibility index (Phi) is 5.28. The molecule has 1 aromatic rings. The molecule has 0 aliphatic heterocycles. The quantitative estimate of drug-likeness (QED) is 0.668. The molecule has 0 fully saturated rings. The van der Waals surface area contributed by atoms with Gasteiger partial charge in [-0.3, -0.25) is 4.68 Å². The fourth-order valence-corrected chi connectivity index (χ4v) is 1.34. The van der Waals surface area contributed by atoms with Crippen LogP contribution < -0.4 is 5.73 Å². The van der Waals surface area contributed by atoms with Crippen molar-refractivity contribution in [1.29, 1.82) is 0 Å². The van der Waals surface area contributed by atoms with E-state index in [4.69, 9.17) is 10.5 Å². The monoisotopic (exact) mass is 212 g/mol. The minimum Gasteiger partial charge on any atom is -0.381 e. The highest BCUT2D eigenvalue weighted by Gasteiger charge is 2.06. The Morgan fingerprint density at radius 1 is 1.53 bits per heavy atom. The molecule has 5 nitrogen and oxygen atoms in total. The summed E-state index contributed by atoms with van der Waals surface area (Å²) < 4.78 is 7.07. The topological polar surface area (TPSA) is 66.0 Å². The summed E-state index contributed by atoms with van der Waals surface area (Å²) in [6.45, 7) is 3.65. The zero-order valence-electron chi connectivity index (χ0n) is 9.52. The van der Waals surface area contributed by atoms with Gasteiger partial charge in [0.2, 0.25) is 0 Å². The summed E-state index contributed by atoms with van der Waals surface area (Å²) in [6.07, 6.45) is 4.59. The Bertz CT molecular complexity index is 274. The van der Waals surface area contributed by atoms with E-state index in [0.717, 1.165) is 38.2 Å². The van der Waals surface area contributed by atoms with Gasteiger partial charge in [-0.25, -0.2) is 0 Å². The summed E-state index contributed by atoms with van der Waals surface area (Å²) in [4.78, 5) is 0. The first-order valence-electron chi connectivity index (χ1n) is 5.41. The highest BCUT2D eigenvalue weighted by atomic mass is 16.5. The highest BCUT2D eigenvalue weighted by molar-refractivity contribution is 4.94. The van der Waals surface area contributed by atoms with Crippen LogP contribution in [0.15, 0.2) is 6.20 Å². The molecule has 0 aromatic carbocycles. The molecule has 1 unspecified atom stereocenters. The van der Waals surface area contributed by atoms with Gasteiger partial charge >= 0.3 is 0 Å². The Labute approximate surface area is 90.6 Å². The highest BCUT2D eigenvalue weighted by Crippen LogP contribution is 2.00. The number of nitrogens with zero attached hydrogens (tertiary/aromatic N) is 3. The van der Waals surface area contributed by atoms with Crippen LogP contribution in [0.4, 0.5) is 0 Å². The van der Waals surface area contributed by atoms with Crippen LogP contribution >= 0.6 is 0 Å². The summed E-state index contributed by atoms with van der Waals surface area (Å²) >= 11 is 0. The first-order chi connectivity index (χ1) is 7.22. The standard InChI is InChI=1S/C10H20N4O/c1-3-5-15-6-4-9(11)7-10-8-14(2)13-12-10/h8-9H,3-7,11H2,1-2H3. The van der Waals surface area contributed by atoms with Crippen LogP contribution in [-0.2, 0) is 18.2 Å². The zero-order chi connectivity index (χ0) is 11.1. The summed E-state index contributed by atoms with van der Waals surface area (Å²) in [6, 6.07) is 0.110. The molecule has 1 aromatic heterocycles. The summed E-state index contributed by atoms with van der Waals surface area (Å²) in [5.74, 6) is 0. The molecule has 0 aliphatic rings. The van der Waals surface area contributed by atoms with E-state index in [1.807, 2.05) is 13.2 Å². The number of hydrogen-bond acceptors (Lipinski definition) is 4. The maximum Gasteiger partial charge on any atom is 0.0842 e. The Balaban J connectivity index is 2.15. The Hall–Kier alpha value is -0.940. The van der Waals surface area contributed by atoms with Crippen molar-refractivity contribution in [3.05, 3.63) is 11.9 Å². The molecule has 1 atom stereocenters. The predicted octanol–water partition coefficient (Wildman–Crippen LogP) is 0.502. The number of ether oxygens (including phenoxy) is 1. The first-order valence-corrected chi connectivity index (χ1v) is 5.41. The van der Waals surface area contributed by atoms with E-state index in [9.17, 15) is 0 Å². The number of aromatic nitrogens is 3. The van der Waals surface area contributed by atoms with E-state index in [1.54, 1.807) is 4.68 Å². The number of hydrogen-bond donors (Lipinski definition) is 1. The third kappa shape index (κ3) is 4.90. The summed E-state index contributed by atoms with van der Waals surface area (Å²) in [5, 5.41) is 7.85. The van der Waals surface area contributed by atoms with Gasteiger partial charge in [-0.2, -0.15) is 0 Å². The van der Waals surface area contributed by atoms with Crippen LogP contribution in [-0.4, -0.2) is 34.2 Å². The third-order valence-electron chi connectivity index (χ3n) is 2.10. The molecule has 1 heterocycles. The molecule has 0 saturated carbocycles. The lowest BCUT2D eigenvalue weighted by Crippen LogP contribution is -2.24. The van der Waals surface area contributed by atoms with Crippen molar-refractivity contribution in [3.63, 3.8) is 0 Å². The van der Waals surface area contributed by atoms with Crippen LogP contribution in [0.5, 0.6) is 0 Å². The van der Waals surface area contributed by atoms with E-state index in [-0.39, 0.29) is 6.04 Å². The van der Waals surface area contributed by atoms with Crippen LogP contribution in [0.2, 0.25) is 0 Å². The van der Waals surface area contributed by atoms with Gasteiger partial charge in [-0.15, -0.1) is 5.10 Å². The van der Waals surface area contributed by atoms with Gasteiger partial charge in [-0.05, 0) is 12.8 Å². The van der Waals surface area contributed by atoms with E-state index >= 15 is 0 Å². The fourth-order valence-electron chi connectivity index (χ4n) is 1.34. The van der Waals surface area contributed by atoms with E-state index in [1.165, 1.54) is 0 Å². The predicted molar refractivity (Wildman–Crippen MR) is 58.4 cm³/mol. The molecule has 2 N–H and O–H groups in total. The molecule has 0 aliphatic carbocycles. The van der Waals surface area contributed by atoms with Crippen molar-refractivity contribution in [2.45, 2.75) is 32.2 Å². The molecule has 0 bridgehead atoms. The third-order valence-corrected chi connectivity index (χ3v) is 2.10. The van der Waals surface area contributed by atoms with Crippen LogP contribution in [0.25, 0.3) is 0 Å². The lowest BCUT2D eigenvalue weighted by atomic mass is 10.1. The molecule has 0 saturated heterocycles. The van der Waals surface area contributed by atoms with Crippen molar-refractivity contribution in [2.75, 3.05) is 13.2 Å². The SMILES string of the molecule is CCCOCCC(N)Cc1cn(C)nn1. The minimum absolute atomic E-state index is 0.110. The summed E-state index contributed by atoms with van der Waals surface area (Å²) in [5.41, 5.74) is 6.89. The Morgan fingerprint density at radius 2 is 2.33 bits per heavy atom. The average Bonchev–Trinajstić information content (AvgIpc) is 2.59. The lowest BCUT2D eigenvalue weighted by Gasteiger charge is -2.09. The molecule has 0 amide bonds. The zero-order valence-corrected chi connectivity index (χ0v) is 9.52. The van der Waals surface area contributed by atoms with Gasteiger partial charge in [0.1, 0.15) is 0 Å². The lowest BCUT2D eigenvalue weighted by molar-refractivity contribution is 0.127. The van der Waals surface area contributed by atoms with E-state index < -0.39 is 0 Å². The van der Waals surface area contributed by atoms with Gasteiger partial charge in [-0.1, -0.05) is 12.1 Å². The molecule has 15 heavy (non-hydrogen) atoms. The molecule has 1 rings (SSSR count).